The Morgan fingerprint density at radius 1 is 1.14 bits per heavy atom. The van der Waals surface area contributed by atoms with Crippen molar-refractivity contribution in [1.29, 1.82) is 0 Å². The maximum Gasteiger partial charge on any atom is 0.253 e. The monoisotopic (exact) mass is 326 g/mol. The van der Waals surface area contributed by atoms with Crippen LogP contribution >= 0.6 is 0 Å². The smallest absolute Gasteiger partial charge is 0.253 e. The molecule has 0 saturated carbocycles. The largest absolute Gasteiger partial charge is 0.350 e. The van der Waals surface area contributed by atoms with Gasteiger partial charge in [-0.2, -0.15) is 0 Å². The minimum Gasteiger partial charge on any atom is -0.350 e. The average Bonchev–Trinajstić information content (AvgIpc) is 2.36. The molecule has 0 fully saturated rings. The molecule has 1 amide bonds. The van der Waals surface area contributed by atoms with Gasteiger partial charge in [0.2, 0.25) is 10.0 Å². The Morgan fingerprint density at radius 2 is 1.77 bits per heavy atom. The van der Waals surface area contributed by atoms with Crippen molar-refractivity contribution in [2.75, 3.05) is 11.0 Å². The van der Waals surface area contributed by atoms with Gasteiger partial charge in [0.1, 0.15) is 0 Å². The van der Waals surface area contributed by atoms with E-state index in [1.807, 2.05) is 6.92 Å². The molecule has 0 aromatic heterocycles. The van der Waals surface area contributed by atoms with Crippen molar-refractivity contribution in [3.8, 4) is 0 Å². The lowest BCUT2D eigenvalue weighted by Crippen LogP contribution is -2.33. The number of rotatable bonds is 8. The van der Waals surface area contributed by atoms with Gasteiger partial charge in [-0.3, -0.25) is 9.52 Å². The summed E-state index contributed by atoms with van der Waals surface area (Å²) >= 11 is 0. The van der Waals surface area contributed by atoms with Crippen LogP contribution in [0.1, 0.15) is 50.4 Å². The van der Waals surface area contributed by atoms with Gasteiger partial charge >= 0.3 is 0 Å². The maximum absolute atomic E-state index is 12.3. The topological polar surface area (TPSA) is 75.3 Å². The summed E-state index contributed by atoms with van der Waals surface area (Å²) in [5.74, 6) is 0.395. The molecule has 0 spiro atoms. The van der Waals surface area contributed by atoms with Crippen LogP contribution in [-0.2, 0) is 10.0 Å². The van der Waals surface area contributed by atoms with Gasteiger partial charge in [-0.25, -0.2) is 8.42 Å². The molecule has 0 aliphatic carbocycles. The molecule has 1 atom stereocenters. The fraction of sp³-hybridized carbons (Fsp3) is 0.562. The van der Waals surface area contributed by atoms with E-state index < -0.39 is 10.0 Å². The van der Waals surface area contributed by atoms with Gasteiger partial charge in [0.05, 0.1) is 17.5 Å². The summed E-state index contributed by atoms with van der Waals surface area (Å²) in [7, 11) is -3.42. The van der Waals surface area contributed by atoms with Crippen molar-refractivity contribution in [2.45, 2.75) is 46.1 Å². The van der Waals surface area contributed by atoms with Crippen molar-refractivity contribution in [1.82, 2.24) is 5.32 Å². The number of sulfonamides is 1. The fourth-order valence-electron chi connectivity index (χ4n) is 2.18. The standard InChI is InChI=1S/C16H26N2O3S/c1-12(2)8-7-9-13(3)17-16(19)14-10-5-6-11-15(14)18-22(4,20)21/h5-6,10-13,18H,7-9H2,1-4H3,(H,17,19)/t13-/m1/s1. The second kappa shape index (κ2) is 8.17. The third-order valence-electron chi connectivity index (χ3n) is 3.26. The lowest BCUT2D eigenvalue weighted by Gasteiger charge is -2.16. The zero-order chi connectivity index (χ0) is 16.8. The molecule has 1 aromatic rings. The SMILES string of the molecule is CC(C)CCC[C@@H](C)NC(=O)c1ccccc1NS(C)(=O)=O. The number of carbonyl (C=O) groups excluding carboxylic acids is 1. The summed E-state index contributed by atoms with van der Waals surface area (Å²) in [6, 6.07) is 6.66. The van der Waals surface area contributed by atoms with Gasteiger partial charge in [-0.05, 0) is 31.4 Å². The molecule has 1 aromatic carbocycles. The minimum absolute atomic E-state index is 0.0533. The second-order valence-corrected chi connectivity index (χ2v) is 7.87. The number of carbonyl (C=O) groups is 1. The van der Waals surface area contributed by atoms with Gasteiger partial charge in [0.15, 0.2) is 0 Å². The number of para-hydroxylation sites is 1. The molecular formula is C16H26N2O3S. The van der Waals surface area contributed by atoms with Gasteiger partial charge < -0.3 is 5.32 Å². The number of hydrogen-bond donors (Lipinski definition) is 2. The molecule has 0 heterocycles. The molecule has 5 nitrogen and oxygen atoms in total. The van der Waals surface area contributed by atoms with Gasteiger partial charge in [-0.1, -0.05) is 38.8 Å². The lowest BCUT2D eigenvalue weighted by molar-refractivity contribution is 0.0938. The van der Waals surface area contributed by atoms with E-state index >= 15 is 0 Å². The van der Waals surface area contributed by atoms with Crippen molar-refractivity contribution in [2.24, 2.45) is 5.92 Å². The van der Waals surface area contributed by atoms with E-state index in [-0.39, 0.29) is 11.9 Å². The summed E-state index contributed by atoms with van der Waals surface area (Å²) in [5, 5.41) is 2.92. The van der Waals surface area contributed by atoms with Crippen molar-refractivity contribution in [3.63, 3.8) is 0 Å². The Hall–Kier alpha value is -1.56. The van der Waals surface area contributed by atoms with Crippen LogP contribution in [0.4, 0.5) is 5.69 Å². The lowest BCUT2D eigenvalue weighted by atomic mass is 10.0. The molecule has 0 bridgehead atoms. The van der Waals surface area contributed by atoms with Crippen LogP contribution in [0.5, 0.6) is 0 Å². The number of hydrogen-bond acceptors (Lipinski definition) is 3. The second-order valence-electron chi connectivity index (χ2n) is 6.12. The summed E-state index contributed by atoms with van der Waals surface area (Å²) in [5.41, 5.74) is 0.639. The highest BCUT2D eigenvalue weighted by Gasteiger charge is 2.15. The van der Waals surface area contributed by atoms with E-state index in [4.69, 9.17) is 0 Å². The van der Waals surface area contributed by atoms with Crippen LogP contribution in [0.15, 0.2) is 24.3 Å². The van der Waals surface area contributed by atoms with E-state index in [9.17, 15) is 13.2 Å². The first-order valence-electron chi connectivity index (χ1n) is 7.56. The molecule has 0 aliphatic rings. The molecule has 1 rings (SSSR count). The Balaban J connectivity index is 2.69. The van der Waals surface area contributed by atoms with Crippen molar-refractivity contribution in [3.05, 3.63) is 29.8 Å². The van der Waals surface area contributed by atoms with E-state index in [1.54, 1.807) is 24.3 Å². The number of nitrogens with one attached hydrogen (secondary N) is 2. The molecule has 6 heteroatoms. The first-order valence-corrected chi connectivity index (χ1v) is 9.46. The predicted octanol–water partition coefficient (Wildman–Crippen LogP) is 3.00. The predicted molar refractivity (Wildman–Crippen MR) is 90.5 cm³/mol. The Kier molecular flexibility index (Phi) is 6.87. The van der Waals surface area contributed by atoms with E-state index in [0.29, 0.717) is 17.2 Å². The van der Waals surface area contributed by atoms with E-state index in [1.165, 1.54) is 0 Å². The Labute approximate surface area is 133 Å². The van der Waals surface area contributed by atoms with Crippen LogP contribution < -0.4 is 10.0 Å². The zero-order valence-electron chi connectivity index (χ0n) is 13.7. The molecule has 0 saturated heterocycles. The van der Waals surface area contributed by atoms with Gasteiger partial charge in [0.25, 0.3) is 5.91 Å². The Morgan fingerprint density at radius 3 is 2.36 bits per heavy atom. The summed E-state index contributed by atoms with van der Waals surface area (Å²) in [6.07, 6.45) is 4.16. The normalized spacial score (nSPS) is 13.0. The van der Waals surface area contributed by atoms with E-state index in [0.717, 1.165) is 25.5 Å². The highest BCUT2D eigenvalue weighted by atomic mass is 32.2. The number of amides is 1. The average molecular weight is 326 g/mol. The van der Waals surface area contributed by atoms with Gasteiger partial charge in [0, 0.05) is 6.04 Å². The molecule has 0 radical (unpaired) electrons. The van der Waals surface area contributed by atoms with Crippen LogP contribution in [0.2, 0.25) is 0 Å². The Bertz CT molecular complexity index is 597. The minimum atomic E-state index is -3.42. The first-order chi connectivity index (χ1) is 10.2. The fourth-order valence-corrected chi connectivity index (χ4v) is 2.75. The molecule has 0 aliphatic heterocycles. The molecular weight excluding hydrogens is 300 g/mol. The van der Waals surface area contributed by atoms with Gasteiger partial charge in [-0.15, -0.1) is 0 Å². The van der Waals surface area contributed by atoms with Crippen LogP contribution in [0.25, 0.3) is 0 Å². The molecule has 124 valence electrons. The number of anilines is 1. The van der Waals surface area contributed by atoms with Crippen LogP contribution in [-0.4, -0.2) is 26.6 Å². The van der Waals surface area contributed by atoms with Crippen LogP contribution in [0, 0.1) is 5.92 Å². The zero-order valence-corrected chi connectivity index (χ0v) is 14.5. The van der Waals surface area contributed by atoms with Crippen molar-refractivity contribution < 1.29 is 13.2 Å². The first kappa shape index (κ1) is 18.5. The molecule has 22 heavy (non-hydrogen) atoms. The maximum atomic E-state index is 12.3. The molecule has 0 unspecified atom stereocenters. The summed E-state index contributed by atoms with van der Waals surface area (Å²) in [4.78, 5) is 12.3. The summed E-state index contributed by atoms with van der Waals surface area (Å²) in [6.45, 7) is 6.32. The third kappa shape index (κ3) is 6.93. The third-order valence-corrected chi connectivity index (χ3v) is 3.85. The highest BCUT2D eigenvalue weighted by Crippen LogP contribution is 2.17. The summed E-state index contributed by atoms with van der Waals surface area (Å²) < 4.78 is 25.1. The van der Waals surface area contributed by atoms with Crippen LogP contribution in [0.3, 0.4) is 0 Å². The quantitative estimate of drug-likeness (QED) is 0.771. The highest BCUT2D eigenvalue weighted by molar-refractivity contribution is 7.92. The molecule has 2 N–H and O–H groups in total. The number of benzene rings is 1. The van der Waals surface area contributed by atoms with E-state index in [2.05, 4.69) is 23.9 Å². The van der Waals surface area contributed by atoms with Crippen molar-refractivity contribution >= 4 is 21.6 Å².